The predicted molar refractivity (Wildman–Crippen MR) is 104 cm³/mol. The lowest BCUT2D eigenvalue weighted by Gasteiger charge is -2.34. The molecule has 1 aromatic heterocycles. The average Bonchev–Trinajstić information content (AvgIpc) is 3.20. The van der Waals surface area contributed by atoms with Crippen LogP contribution in [0.25, 0.3) is 0 Å². The van der Waals surface area contributed by atoms with Crippen molar-refractivity contribution in [3.8, 4) is 0 Å². The fourth-order valence-electron chi connectivity index (χ4n) is 2.82. The van der Waals surface area contributed by atoms with Gasteiger partial charge in [0.25, 0.3) is 5.91 Å². The minimum Gasteiger partial charge on any atom is -0.352 e. The molecule has 0 unspecified atom stereocenters. The zero-order chi connectivity index (χ0) is 18.4. The highest BCUT2D eigenvalue weighted by Crippen LogP contribution is 2.19. The smallest absolute Gasteiger partial charge is 0.251 e. The first-order valence-electron chi connectivity index (χ1n) is 8.59. The number of nitrogens with one attached hydrogen (secondary N) is 1. The minimum atomic E-state index is -0.147. The molecule has 6 nitrogen and oxygen atoms in total. The van der Waals surface area contributed by atoms with E-state index in [9.17, 15) is 9.59 Å². The van der Waals surface area contributed by atoms with Crippen molar-refractivity contribution in [3.63, 3.8) is 0 Å². The van der Waals surface area contributed by atoms with Gasteiger partial charge in [0.15, 0.2) is 5.13 Å². The highest BCUT2D eigenvalue weighted by molar-refractivity contribution is 7.13. The molecule has 0 aliphatic carbocycles. The molecule has 1 fully saturated rings. The van der Waals surface area contributed by atoms with Gasteiger partial charge in [-0.3, -0.25) is 9.59 Å². The number of carbonyl (C=O) groups is 2. The van der Waals surface area contributed by atoms with Crippen molar-refractivity contribution in [2.45, 2.75) is 12.8 Å². The number of rotatable bonds is 6. The number of aromatic nitrogens is 1. The molecule has 1 saturated heterocycles. The number of nitrogens with zero attached hydrogens (tertiary/aromatic N) is 3. The normalized spacial score (nSPS) is 14.3. The van der Waals surface area contributed by atoms with Gasteiger partial charge in [-0.05, 0) is 30.7 Å². The maximum atomic E-state index is 12.3. The molecule has 1 aromatic carbocycles. The number of hydrogen-bond acceptors (Lipinski definition) is 5. The molecule has 0 spiro atoms. The molecule has 0 atom stereocenters. The summed E-state index contributed by atoms with van der Waals surface area (Å²) in [4.78, 5) is 32.7. The Hall–Kier alpha value is -2.12. The second-order valence-electron chi connectivity index (χ2n) is 6.05. The van der Waals surface area contributed by atoms with Crippen molar-refractivity contribution in [2.75, 3.05) is 37.6 Å². The summed E-state index contributed by atoms with van der Waals surface area (Å²) >= 11 is 7.43. The number of thiazole rings is 1. The van der Waals surface area contributed by atoms with E-state index < -0.39 is 0 Å². The van der Waals surface area contributed by atoms with Crippen LogP contribution in [-0.2, 0) is 4.79 Å². The van der Waals surface area contributed by atoms with Crippen molar-refractivity contribution >= 4 is 39.9 Å². The van der Waals surface area contributed by atoms with Crippen molar-refractivity contribution < 1.29 is 9.59 Å². The number of carbonyl (C=O) groups excluding carboxylic acids is 2. The molecule has 138 valence electrons. The quantitative estimate of drug-likeness (QED) is 0.767. The van der Waals surface area contributed by atoms with Crippen LogP contribution in [0.5, 0.6) is 0 Å². The highest BCUT2D eigenvalue weighted by Gasteiger charge is 2.21. The van der Waals surface area contributed by atoms with Crippen LogP contribution in [0.1, 0.15) is 23.2 Å². The number of amides is 2. The minimum absolute atomic E-state index is 0.143. The summed E-state index contributed by atoms with van der Waals surface area (Å²) in [6, 6.07) is 6.74. The van der Waals surface area contributed by atoms with E-state index in [1.165, 1.54) is 0 Å². The van der Waals surface area contributed by atoms with Gasteiger partial charge in [-0.25, -0.2) is 4.98 Å². The molecule has 0 radical (unpaired) electrons. The number of piperazine rings is 1. The number of benzene rings is 1. The van der Waals surface area contributed by atoms with E-state index in [2.05, 4.69) is 15.2 Å². The summed E-state index contributed by atoms with van der Waals surface area (Å²) in [6.07, 6.45) is 2.87. The third kappa shape index (κ3) is 4.95. The zero-order valence-electron chi connectivity index (χ0n) is 14.4. The first kappa shape index (κ1) is 18.7. The van der Waals surface area contributed by atoms with Crippen LogP contribution < -0.4 is 10.2 Å². The SMILES string of the molecule is O=C(NCCCC(=O)N1CCN(c2nccs2)CC1)c1ccc(Cl)cc1. The molecule has 1 aliphatic rings. The maximum absolute atomic E-state index is 12.3. The van der Waals surface area contributed by atoms with Crippen LogP contribution in [-0.4, -0.2) is 54.4 Å². The summed E-state index contributed by atoms with van der Waals surface area (Å²) in [5.41, 5.74) is 0.569. The fourth-order valence-corrected chi connectivity index (χ4v) is 3.64. The summed E-state index contributed by atoms with van der Waals surface area (Å²) in [7, 11) is 0. The molecule has 2 aromatic rings. The number of anilines is 1. The van der Waals surface area contributed by atoms with Crippen molar-refractivity contribution in [1.29, 1.82) is 0 Å². The zero-order valence-corrected chi connectivity index (χ0v) is 15.9. The molecule has 3 rings (SSSR count). The Bertz CT molecular complexity index is 728. The summed E-state index contributed by atoms with van der Waals surface area (Å²) in [5.74, 6) is -0.00397. The van der Waals surface area contributed by atoms with Crippen LogP contribution in [0.3, 0.4) is 0 Å². The van der Waals surface area contributed by atoms with E-state index >= 15 is 0 Å². The topological polar surface area (TPSA) is 65.5 Å². The highest BCUT2D eigenvalue weighted by atomic mass is 35.5. The Morgan fingerprint density at radius 3 is 2.54 bits per heavy atom. The Balaban J connectivity index is 1.34. The van der Waals surface area contributed by atoms with Gasteiger partial charge in [-0.1, -0.05) is 11.6 Å². The van der Waals surface area contributed by atoms with Crippen LogP contribution in [0, 0.1) is 0 Å². The number of halogens is 1. The number of hydrogen-bond donors (Lipinski definition) is 1. The molecule has 1 N–H and O–H groups in total. The Morgan fingerprint density at radius 2 is 1.88 bits per heavy atom. The van der Waals surface area contributed by atoms with Gasteiger partial charge >= 0.3 is 0 Å². The molecular weight excluding hydrogens is 372 g/mol. The Kier molecular flexibility index (Phi) is 6.46. The van der Waals surface area contributed by atoms with E-state index in [4.69, 9.17) is 11.6 Å². The lowest BCUT2D eigenvalue weighted by atomic mass is 10.2. The van der Waals surface area contributed by atoms with Crippen LogP contribution in [0.2, 0.25) is 5.02 Å². The van der Waals surface area contributed by atoms with E-state index in [0.717, 1.165) is 31.3 Å². The van der Waals surface area contributed by atoms with E-state index in [-0.39, 0.29) is 11.8 Å². The van der Waals surface area contributed by atoms with Gasteiger partial charge in [0, 0.05) is 61.3 Å². The second kappa shape index (κ2) is 9.00. The summed E-state index contributed by atoms with van der Waals surface area (Å²) < 4.78 is 0. The van der Waals surface area contributed by atoms with Crippen molar-refractivity contribution in [2.24, 2.45) is 0 Å². The summed E-state index contributed by atoms with van der Waals surface area (Å²) in [6.45, 7) is 3.54. The molecule has 8 heteroatoms. The van der Waals surface area contributed by atoms with Gasteiger partial charge in [0.2, 0.25) is 5.91 Å². The third-order valence-corrected chi connectivity index (χ3v) is 5.37. The largest absolute Gasteiger partial charge is 0.352 e. The molecule has 2 heterocycles. The van der Waals surface area contributed by atoms with Gasteiger partial charge in [0.1, 0.15) is 0 Å². The van der Waals surface area contributed by atoms with Gasteiger partial charge < -0.3 is 15.1 Å². The van der Waals surface area contributed by atoms with Crippen LogP contribution in [0.4, 0.5) is 5.13 Å². The molecule has 0 bridgehead atoms. The second-order valence-corrected chi connectivity index (χ2v) is 7.36. The average molecular weight is 393 g/mol. The molecule has 26 heavy (non-hydrogen) atoms. The van der Waals surface area contributed by atoms with E-state index in [0.29, 0.717) is 30.0 Å². The Morgan fingerprint density at radius 1 is 1.15 bits per heavy atom. The van der Waals surface area contributed by atoms with Gasteiger partial charge in [-0.15, -0.1) is 11.3 Å². The van der Waals surface area contributed by atoms with E-state index in [1.54, 1.807) is 41.8 Å². The molecule has 1 aliphatic heterocycles. The maximum Gasteiger partial charge on any atom is 0.251 e. The first-order valence-corrected chi connectivity index (χ1v) is 9.85. The summed E-state index contributed by atoms with van der Waals surface area (Å²) in [5, 5.41) is 6.41. The molecule has 0 saturated carbocycles. The standard InChI is InChI=1S/C18H21ClN4O2S/c19-15-5-3-14(4-6-15)17(25)20-7-1-2-16(24)22-9-11-23(12-10-22)18-21-8-13-26-18/h3-6,8,13H,1-2,7,9-12H2,(H,20,25). The predicted octanol–water partition coefficient (Wildman–Crippen LogP) is 2.66. The van der Waals surface area contributed by atoms with E-state index in [1.807, 2.05) is 10.3 Å². The lowest BCUT2D eigenvalue weighted by Crippen LogP contribution is -2.48. The van der Waals surface area contributed by atoms with Gasteiger partial charge in [-0.2, -0.15) is 0 Å². The molecule has 2 amide bonds. The monoisotopic (exact) mass is 392 g/mol. The fraction of sp³-hybridized carbons (Fsp3) is 0.389. The Labute approximate surface area is 161 Å². The third-order valence-electron chi connectivity index (χ3n) is 4.28. The lowest BCUT2D eigenvalue weighted by molar-refractivity contribution is -0.131. The van der Waals surface area contributed by atoms with Gasteiger partial charge in [0.05, 0.1) is 0 Å². The van der Waals surface area contributed by atoms with Crippen LogP contribution >= 0.6 is 22.9 Å². The van der Waals surface area contributed by atoms with Crippen molar-refractivity contribution in [1.82, 2.24) is 15.2 Å². The molecular formula is C18H21ClN4O2S. The first-order chi connectivity index (χ1) is 12.6. The van der Waals surface area contributed by atoms with Crippen molar-refractivity contribution in [3.05, 3.63) is 46.4 Å². The van der Waals surface area contributed by atoms with Crippen LogP contribution in [0.15, 0.2) is 35.8 Å².